The van der Waals surface area contributed by atoms with Crippen molar-refractivity contribution in [1.82, 2.24) is 10.2 Å². The molecular formula is C26H34N2O2S. The van der Waals surface area contributed by atoms with Gasteiger partial charge >= 0.3 is 0 Å². The molecular weight excluding hydrogens is 404 g/mol. The first-order valence-corrected chi connectivity index (χ1v) is 12.5. The van der Waals surface area contributed by atoms with Gasteiger partial charge in [-0.05, 0) is 37.8 Å². The molecule has 2 aromatic rings. The minimum atomic E-state index is -0.491. The second kappa shape index (κ2) is 11.9. The fourth-order valence-corrected chi connectivity index (χ4v) is 4.83. The Morgan fingerprint density at radius 3 is 2.35 bits per heavy atom. The number of nitrogens with one attached hydrogen (secondary N) is 1. The molecule has 0 aliphatic heterocycles. The Balaban J connectivity index is 1.61. The van der Waals surface area contributed by atoms with Crippen molar-refractivity contribution in [3.05, 3.63) is 71.3 Å². The number of rotatable bonds is 9. The van der Waals surface area contributed by atoms with E-state index in [1.54, 1.807) is 16.7 Å². The average Bonchev–Trinajstić information content (AvgIpc) is 2.79. The second-order valence-corrected chi connectivity index (χ2v) is 9.49. The molecule has 2 amide bonds. The number of amides is 2. The molecule has 0 aromatic heterocycles. The maximum absolute atomic E-state index is 13.2. The molecule has 1 fully saturated rings. The molecule has 0 unspecified atom stereocenters. The topological polar surface area (TPSA) is 49.4 Å². The van der Waals surface area contributed by atoms with Crippen molar-refractivity contribution in [2.24, 2.45) is 0 Å². The standard InChI is InChI=1S/C26H34N2O2S/c1-20-13-15-23(16-14-20)18-31-19-25(29)28(17-22-9-5-3-6-10-22)21(2)26(30)27-24-11-7-4-8-12-24/h3,5-6,9-10,13-16,21,24H,4,7-8,11-12,17-19H2,1-2H3,(H,27,30)/t21-/m1/s1. The van der Waals surface area contributed by atoms with E-state index in [1.165, 1.54) is 30.4 Å². The zero-order valence-corrected chi connectivity index (χ0v) is 19.5. The van der Waals surface area contributed by atoms with Crippen molar-refractivity contribution >= 4 is 23.6 Å². The smallest absolute Gasteiger partial charge is 0.242 e. The number of hydrogen-bond acceptors (Lipinski definition) is 3. The summed E-state index contributed by atoms with van der Waals surface area (Å²) >= 11 is 1.60. The van der Waals surface area contributed by atoms with Crippen LogP contribution in [0.1, 0.15) is 55.7 Å². The number of thioether (sulfide) groups is 1. The zero-order chi connectivity index (χ0) is 22.1. The van der Waals surface area contributed by atoms with Gasteiger partial charge in [0.1, 0.15) is 6.04 Å². The Kier molecular flexibility index (Phi) is 9.01. The zero-order valence-electron chi connectivity index (χ0n) is 18.7. The summed E-state index contributed by atoms with van der Waals surface area (Å²) in [6.07, 6.45) is 5.66. The molecule has 0 radical (unpaired) electrons. The van der Waals surface area contributed by atoms with Gasteiger partial charge in [-0.2, -0.15) is 0 Å². The van der Waals surface area contributed by atoms with Crippen molar-refractivity contribution in [2.45, 2.75) is 70.3 Å². The predicted octanol–water partition coefficient (Wildman–Crippen LogP) is 5.09. The van der Waals surface area contributed by atoms with Gasteiger partial charge in [-0.25, -0.2) is 0 Å². The van der Waals surface area contributed by atoms with E-state index >= 15 is 0 Å². The summed E-state index contributed by atoms with van der Waals surface area (Å²) in [5, 5.41) is 3.19. The van der Waals surface area contributed by atoms with Crippen LogP contribution in [-0.4, -0.2) is 34.6 Å². The quantitative estimate of drug-likeness (QED) is 0.593. The Morgan fingerprint density at radius 2 is 1.68 bits per heavy atom. The predicted molar refractivity (Wildman–Crippen MR) is 129 cm³/mol. The lowest BCUT2D eigenvalue weighted by Crippen LogP contribution is -2.50. The molecule has 1 atom stereocenters. The lowest BCUT2D eigenvalue weighted by atomic mass is 9.95. The lowest BCUT2D eigenvalue weighted by molar-refractivity contribution is -0.139. The first-order valence-electron chi connectivity index (χ1n) is 11.3. The third kappa shape index (κ3) is 7.42. The Labute approximate surface area is 190 Å². The third-order valence-electron chi connectivity index (χ3n) is 5.93. The highest BCUT2D eigenvalue weighted by molar-refractivity contribution is 7.99. The molecule has 0 heterocycles. The van der Waals surface area contributed by atoms with E-state index in [4.69, 9.17) is 0 Å². The largest absolute Gasteiger partial charge is 0.352 e. The molecule has 1 N–H and O–H groups in total. The molecule has 31 heavy (non-hydrogen) atoms. The number of aryl methyl sites for hydroxylation is 1. The molecule has 2 aromatic carbocycles. The van der Waals surface area contributed by atoms with Crippen LogP contribution in [0.15, 0.2) is 54.6 Å². The van der Waals surface area contributed by atoms with Crippen LogP contribution in [0.25, 0.3) is 0 Å². The minimum Gasteiger partial charge on any atom is -0.352 e. The van der Waals surface area contributed by atoms with Gasteiger partial charge in [-0.15, -0.1) is 11.8 Å². The second-order valence-electron chi connectivity index (χ2n) is 8.51. The van der Waals surface area contributed by atoms with Crippen LogP contribution in [0.4, 0.5) is 0 Å². The van der Waals surface area contributed by atoms with Crippen LogP contribution in [-0.2, 0) is 21.9 Å². The van der Waals surface area contributed by atoms with Gasteiger partial charge in [-0.1, -0.05) is 79.4 Å². The van der Waals surface area contributed by atoms with Crippen molar-refractivity contribution in [3.63, 3.8) is 0 Å². The number of nitrogens with zero attached hydrogens (tertiary/aromatic N) is 1. The summed E-state index contributed by atoms with van der Waals surface area (Å²) in [6, 6.07) is 18.1. The first kappa shape index (κ1) is 23.4. The van der Waals surface area contributed by atoms with Crippen LogP contribution in [0.2, 0.25) is 0 Å². The van der Waals surface area contributed by atoms with E-state index in [0.29, 0.717) is 12.3 Å². The van der Waals surface area contributed by atoms with Crippen molar-refractivity contribution < 1.29 is 9.59 Å². The summed E-state index contributed by atoms with van der Waals surface area (Å²) in [4.78, 5) is 27.8. The molecule has 0 bridgehead atoms. The fraction of sp³-hybridized carbons (Fsp3) is 0.462. The fourth-order valence-electron chi connectivity index (χ4n) is 3.95. The van der Waals surface area contributed by atoms with E-state index in [2.05, 4.69) is 36.5 Å². The van der Waals surface area contributed by atoms with Crippen LogP contribution in [0, 0.1) is 6.92 Å². The summed E-state index contributed by atoms with van der Waals surface area (Å²) in [7, 11) is 0. The molecule has 1 aliphatic rings. The monoisotopic (exact) mass is 438 g/mol. The number of carbonyl (C=O) groups is 2. The van der Waals surface area contributed by atoms with Crippen LogP contribution in [0.5, 0.6) is 0 Å². The van der Waals surface area contributed by atoms with Gasteiger partial charge in [-0.3, -0.25) is 9.59 Å². The van der Waals surface area contributed by atoms with Gasteiger partial charge in [0, 0.05) is 18.3 Å². The van der Waals surface area contributed by atoms with E-state index in [0.717, 1.165) is 24.2 Å². The van der Waals surface area contributed by atoms with Crippen molar-refractivity contribution in [2.75, 3.05) is 5.75 Å². The highest BCUT2D eigenvalue weighted by atomic mass is 32.2. The Hall–Kier alpha value is -2.27. The van der Waals surface area contributed by atoms with Gasteiger partial charge in [0.25, 0.3) is 0 Å². The van der Waals surface area contributed by atoms with Gasteiger partial charge in [0.15, 0.2) is 0 Å². The Bertz CT molecular complexity index is 832. The average molecular weight is 439 g/mol. The van der Waals surface area contributed by atoms with Gasteiger partial charge < -0.3 is 10.2 Å². The SMILES string of the molecule is Cc1ccc(CSCC(=O)N(Cc2ccccc2)[C@H](C)C(=O)NC2CCCCC2)cc1. The molecule has 1 saturated carbocycles. The summed E-state index contributed by atoms with van der Waals surface area (Å²) in [5.74, 6) is 1.11. The van der Waals surface area contributed by atoms with E-state index < -0.39 is 6.04 Å². The molecule has 0 spiro atoms. The lowest BCUT2D eigenvalue weighted by Gasteiger charge is -2.31. The normalized spacial score (nSPS) is 15.3. The molecule has 1 aliphatic carbocycles. The van der Waals surface area contributed by atoms with Crippen molar-refractivity contribution in [3.8, 4) is 0 Å². The molecule has 5 heteroatoms. The minimum absolute atomic E-state index is 0.00672. The Morgan fingerprint density at radius 1 is 1.00 bits per heavy atom. The molecule has 0 saturated heterocycles. The number of benzene rings is 2. The summed E-state index contributed by atoms with van der Waals surface area (Å²) < 4.78 is 0. The summed E-state index contributed by atoms with van der Waals surface area (Å²) in [5.41, 5.74) is 3.48. The summed E-state index contributed by atoms with van der Waals surface area (Å²) in [6.45, 7) is 4.37. The van der Waals surface area contributed by atoms with E-state index in [1.807, 2.05) is 37.3 Å². The van der Waals surface area contributed by atoms with Gasteiger partial charge in [0.2, 0.25) is 11.8 Å². The maximum atomic E-state index is 13.2. The maximum Gasteiger partial charge on any atom is 0.242 e. The van der Waals surface area contributed by atoms with Gasteiger partial charge in [0.05, 0.1) is 5.75 Å². The van der Waals surface area contributed by atoms with Crippen molar-refractivity contribution in [1.29, 1.82) is 0 Å². The number of carbonyl (C=O) groups excluding carboxylic acids is 2. The highest BCUT2D eigenvalue weighted by Crippen LogP contribution is 2.19. The number of hydrogen-bond donors (Lipinski definition) is 1. The molecule has 166 valence electrons. The molecule has 4 nitrogen and oxygen atoms in total. The third-order valence-corrected chi connectivity index (χ3v) is 6.92. The van der Waals surface area contributed by atoms with Crippen LogP contribution >= 0.6 is 11.8 Å². The van der Waals surface area contributed by atoms with Crippen LogP contribution < -0.4 is 5.32 Å². The van der Waals surface area contributed by atoms with Crippen LogP contribution in [0.3, 0.4) is 0 Å². The van der Waals surface area contributed by atoms with E-state index in [-0.39, 0.29) is 17.9 Å². The first-order chi connectivity index (χ1) is 15.0. The van der Waals surface area contributed by atoms with E-state index in [9.17, 15) is 9.59 Å². The molecule has 3 rings (SSSR count). The highest BCUT2D eigenvalue weighted by Gasteiger charge is 2.27.